The Labute approximate surface area is 124 Å². The van der Waals surface area contributed by atoms with E-state index in [0.717, 1.165) is 0 Å². The van der Waals surface area contributed by atoms with Crippen LogP contribution in [0.4, 0.5) is 5.82 Å². The van der Waals surface area contributed by atoms with Crippen molar-refractivity contribution in [3.63, 3.8) is 0 Å². The zero-order valence-electron chi connectivity index (χ0n) is 10.9. The van der Waals surface area contributed by atoms with E-state index >= 15 is 0 Å². The summed E-state index contributed by atoms with van der Waals surface area (Å²) in [4.78, 5) is 11.2. The van der Waals surface area contributed by atoms with Gasteiger partial charge in [0.1, 0.15) is 18.2 Å². The highest BCUT2D eigenvalue weighted by Gasteiger charge is 2.77. The molecule has 0 aliphatic heterocycles. The zero-order chi connectivity index (χ0) is 15.1. The maximum absolute atomic E-state index is 12.1. The lowest BCUT2D eigenvalue weighted by Crippen LogP contribution is -2.39. The average Bonchev–Trinajstić information content (AvgIpc) is 3.09. The SMILES string of the molecule is Nc1ncnc2c1ncn2C1([PH+]=O)CCCC1([PH+]=O)[PH+]=O. The Kier molecular flexibility index (Phi) is 3.56. The smallest absolute Gasteiger partial charge is 0.382 e. The van der Waals surface area contributed by atoms with Gasteiger partial charge >= 0.3 is 35.6 Å². The van der Waals surface area contributed by atoms with E-state index in [4.69, 9.17) is 5.73 Å². The molecule has 0 spiro atoms. The fraction of sp³-hybridized carbons (Fsp3) is 0.500. The number of hydrogen-bond acceptors (Lipinski definition) is 7. The fourth-order valence-electron chi connectivity index (χ4n) is 2.97. The van der Waals surface area contributed by atoms with E-state index in [1.54, 1.807) is 4.57 Å². The van der Waals surface area contributed by atoms with Gasteiger partial charge in [0.2, 0.25) is 0 Å². The highest BCUT2D eigenvalue weighted by atomic mass is 31.1. The molecule has 1 fully saturated rings. The summed E-state index contributed by atoms with van der Waals surface area (Å²) in [6, 6.07) is 0. The summed E-state index contributed by atoms with van der Waals surface area (Å²) in [5, 5.41) is -1.02. The van der Waals surface area contributed by atoms with Crippen LogP contribution in [0.3, 0.4) is 0 Å². The third kappa shape index (κ3) is 1.80. The van der Waals surface area contributed by atoms with Crippen molar-refractivity contribution in [1.82, 2.24) is 19.5 Å². The van der Waals surface area contributed by atoms with Gasteiger partial charge in [-0.25, -0.2) is 15.0 Å². The van der Waals surface area contributed by atoms with E-state index in [1.165, 1.54) is 12.7 Å². The maximum Gasteiger partial charge on any atom is 0.409 e. The molecule has 108 valence electrons. The molecule has 0 radical (unpaired) electrons. The normalized spacial score (nSPS) is 29.7. The third-order valence-corrected chi connectivity index (χ3v) is 8.48. The second-order valence-corrected chi connectivity index (χ2v) is 8.62. The van der Waals surface area contributed by atoms with Crippen LogP contribution in [0.2, 0.25) is 0 Å². The van der Waals surface area contributed by atoms with Gasteiger partial charge in [0.25, 0.3) is 0 Å². The predicted octanol–water partition coefficient (Wildman–Crippen LogP) is 2.01. The van der Waals surface area contributed by atoms with E-state index in [0.29, 0.717) is 30.4 Å². The van der Waals surface area contributed by atoms with Crippen LogP contribution in [0.25, 0.3) is 11.2 Å². The summed E-state index contributed by atoms with van der Waals surface area (Å²) in [7, 11) is -2.45. The summed E-state index contributed by atoms with van der Waals surface area (Å²) >= 11 is 0. The highest BCUT2D eigenvalue weighted by Crippen LogP contribution is 2.63. The van der Waals surface area contributed by atoms with E-state index in [-0.39, 0.29) is 5.82 Å². The van der Waals surface area contributed by atoms with Crippen LogP contribution in [0.15, 0.2) is 12.7 Å². The zero-order valence-corrected chi connectivity index (χ0v) is 13.9. The molecule has 0 saturated heterocycles. The molecule has 0 amide bonds. The summed E-state index contributed by atoms with van der Waals surface area (Å²) in [6.45, 7) is 0. The maximum atomic E-state index is 12.1. The van der Waals surface area contributed by atoms with E-state index in [2.05, 4.69) is 15.0 Å². The molecular weight excluding hydrogens is 331 g/mol. The van der Waals surface area contributed by atoms with Gasteiger partial charge in [0.15, 0.2) is 11.5 Å². The van der Waals surface area contributed by atoms with Gasteiger partial charge in [-0.15, -0.1) is 0 Å². The van der Waals surface area contributed by atoms with Gasteiger partial charge in [0, 0.05) is 6.42 Å². The first-order valence-corrected chi connectivity index (χ1v) is 8.98. The first-order chi connectivity index (χ1) is 10.1. The molecule has 1 aliphatic rings. The van der Waals surface area contributed by atoms with Crippen molar-refractivity contribution in [1.29, 1.82) is 0 Å². The molecule has 2 N–H and O–H groups in total. The van der Waals surface area contributed by atoms with Gasteiger partial charge in [0.05, 0.1) is 6.42 Å². The van der Waals surface area contributed by atoms with E-state index < -0.39 is 35.6 Å². The predicted molar refractivity (Wildman–Crippen MR) is 81.3 cm³/mol. The van der Waals surface area contributed by atoms with Crippen molar-refractivity contribution in [3.8, 4) is 0 Å². The fourth-order valence-corrected chi connectivity index (χ4v) is 5.97. The molecule has 4 atom stereocenters. The van der Waals surface area contributed by atoms with Gasteiger partial charge in [-0.2, -0.15) is 0 Å². The monoisotopic (exact) mass is 344 g/mol. The van der Waals surface area contributed by atoms with E-state index in [9.17, 15) is 13.7 Å². The molecule has 21 heavy (non-hydrogen) atoms. The molecule has 1 saturated carbocycles. The number of imidazole rings is 1. The van der Waals surface area contributed by atoms with Crippen LogP contribution >= 0.6 is 25.4 Å². The molecule has 1 aliphatic carbocycles. The molecule has 2 heterocycles. The number of hydrogen-bond donors (Lipinski definition) is 1. The second kappa shape index (κ2) is 5.13. The minimum atomic E-state index is -1.03. The Balaban J connectivity index is 2.32. The Morgan fingerprint density at radius 1 is 1.10 bits per heavy atom. The molecule has 3 rings (SSSR count). The Morgan fingerprint density at radius 2 is 1.86 bits per heavy atom. The molecule has 0 aromatic carbocycles. The second-order valence-electron chi connectivity index (χ2n) is 4.97. The lowest BCUT2D eigenvalue weighted by atomic mass is 10.2. The van der Waals surface area contributed by atoms with Crippen LogP contribution in [0.1, 0.15) is 19.3 Å². The van der Waals surface area contributed by atoms with Crippen LogP contribution in [0.5, 0.6) is 0 Å². The summed E-state index contributed by atoms with van der Waals surface area (Å²) in [6.07, 6.45) is 4.47. The molecule has 2 aromatic rings. The summed E-state index contributed by atoms with van der Waals surface area (Å²) in [5.41, 5.74) is 6.59. The topological polar surface area (TPSA) is 121 Å². The molecular formula is C10H13N5O3P3+3. The quantitative estimate of drug-likeness (QED) is 0.842. The number of fused-ring (bicyclic) bond motifs is 1. The highest BCUT2D eigenvalue weighted by molar-refractivity contribution is 7.48. The first kappa shape index (κ1) is 14.6. The van der Waals surface area contributed by atoms with Crippen molar-refractivity contribution in [3.05, 3.63) is 12.7 Å². The minimum absolute atomic E-state index is 0.223. The van der Waals surface area contributed by atoms with Crippen LogP contribution in [-0.4, -0.2) is 24.4 Å². The minimum Gasteiger partial charge on any atom is -0.382 e. The third-order valence-electron chi connectivity index (χ3n) is 4.09. The lowest BCUT2D eigenvalue weighted by Gasteiger charge is -2.18. The standard InChI is InChI=1S/C10H10N5O3P3/c11-7-6-8(13-4-12-7)15(5-14-6)9(19-16)2-1-3-10(9,20-17)21-18/h4-5H,1-3H2,(H2,11,12,13)/p+3. The molecule has 11 heteroatoms. The van der Waals surface area contributed by atoms with Crippen molar-refractivity contribution in [2.24, 2.45) is 0 Å². The van der Waals surface area contributed by atoms with Gasteiger partial charge in [-0.1, -0.05) is 13.7 Å². The van der Waals surface area contributed by atoms with Crippen LogP contribution < -0.4 is 5.73 Å². The molecule has 4 unspecified atom stereocenters. The number of nitrogens with zero attached hydrogens (tertiary/aromatic N) is 4. The van der Waals surface area contributed by atoms with Crippen molar-refractivity contribution < 1.29 is 13.7 Å². The lowest BCUT2D eigenvalue weighted by molar-refractivity contribution is 0.412. The number of nitrogen functional groups attached to an aromatic ring is 1. The number of rotatable bonds is 4. The van der Waals surface area contributed by atoms with Crippen LogP contribution in [-0.2, 0) is 19.0 Å². The van der Waals surface area contributed by atoms with Crippen LogP contribution in [0, 0.1) is 0 Å². The van der Waals surface area contributed by atoms with E-state index in [1.807, 2.05) is 0 Å². The number of aromatic nitrogens is 4. The van der Waals surface area contributed by atoms with Crippen molar-refractivity contribution in [2.75, 3.05) is 5.73 Å². The number of nitrogens with two attached hydrogens (primary N) is 1. The molecule has 0 bridgehead atoms. The molecule has 8 nitrogen and oxygen atoms in total. The number of anilines is 1. The Bertz CT molecular complexity index is 743. The Morgan fingerprint density at radius 3 is 2.52 bits per heavy atom. The van der Waals surface area contributed by atoms with Crippen molar-refractivity contribution in [2.45, 2.75) is 29.4 Å². The first-order valence-electron chi connectivity index (χ1n) is 6.26. The largest absolute Gasteiger partial charge is 0.409 e. The summed E-state index contributed by atoms with van der Waals surface area (Å²) < 4.78 is 37.2. The van der Waals surface area contributed by atoms with Crippen molar-refractivity contribution >= 4 is 42.4 Å². The average molecular weight is 344 g/mol. The summed E-state index contributed by atoms with van der Waals surface area (Å²) in [5.74, 6) is 0.223. The van der Waals surface area contributed by atoms with Gasteiger partial charge in [-0.3, -0.25) is 4.57 Å². The van der Waals surface area contributed by atoms with Gasteiger partial charge < -0.3 is 5.73 Å². The molecule has 2 aromatic heterocycles. The Hall–Kier alpha value is -1.35. The van der Waals surface area contributed by atoms with Gasteiger partial charge in [-0.05, 0) is 6.42 Å².